The molecular formula is C14H25N5. The van der Waals surface area contributed by atoms with Gasteiger partial charge in [-0.2, -0.15) is 0 Å². The minimum Gasteiger partial charge on any atom is -0.373 e. The quantitative estimate of drug-likeness (QED) is 0.849. The van der Waals surface area contributed by atoms with Crippen molar-refractivity contribution >= 4 is 11.6 Å². The molecule has 1 fully saturated rings. The van der Waals surface area contributed by atoms with Crippen LogP contribution < -0.4 is 10.6 Å². The highest BCUT2D eigenvalue weighted by Gasteiger charge is 2.21. The Morgan fingerprint density at radius 2 is 2.05 bits per heavy atom. The van der Waals surface area contributed by atoms with Crippen LogP contribution in [0.1, 0.15) is 31.2 Å². The third kappa shape index (κ3) is 3.15. The topological polar surface area (TPSA) is 53.1 Å². The molecule has 0 bridgehead atoms. The summed E-state index contributed by atoms with van der Waals surface area (Å²) < 4.78 is 0. The van der Waals surface area contributed by atoms with Crippen LogP contribution in [-0.2, 0) is 6.42 Å². The Kier molecular flexibility index (Phi) is 4.58. The van der Waals surface area contributed by atoms with Gasteiger partial charge < -0.3 is 15.5 Å². The van der Waals surface area contributed by atoms with E-state index in [-0.39, 0.29) is 0 Å². The Hall–Kier alpha value is -1.36. The molecule has 1 atom stereocenters. The van der Waals surface area contributed by atoms with E-state index in [1.165, 1.54) is 19.4 Å². The van der Waals surface area contributed by atoms with Crippen molar-refractivity contribution in [3.63, 3.8) is 0 Å². The maximum absolute atomic E-state index is 4.60. The normalized spacial score (nSPS) is 19.7. The van der Waals surface area contributed by atoms with E-state index in [1.807, 2.05) is 7.05 Å². The summed E-state index contributed by atoms with van der Waals surface area (Å²) in [6, 6.07) is 0.623. The van der Waals surface area contributed by atoms with Crippen molar-refractivity contribution in [2.75, 3.05) is 37.8 Å². The van der Waals surface area contributed by atoms with E-state index in [0.717, 1.165) is 36.0 Å². The van der Waals surface area contributed by atoms with Crippen LogP contribution in [0.3, 0.4) is 0 Å². The largest absolute Gasteiger partial charge is 0.373 e. The number of likely N-dealkylation sites (tertiary alicyclic amines) is 1. The molecule has 2 heterocycles. The maximum Gasteiger partial charge on any atom is 0.134 e. The smallest absolute Gasteiger partial charge is 0.134 e. The summed E-state index contributed by atoms with van der Waals surface area (Å²) in [5, 5.41) is 6.65. The zero-order valence-electron chi connectivity index (χ0n) is 12.5. The predicted octanol–water partition coefficient (Wildman–Crippen LogP) is 1.90. The minimum absolute atomic E-state index is 0.623. The average Bonchev–Trinajstić information content (AvgIpc) is 2.83. The summed E-state index contributed by atoms with van der Waals surface area (Å²) in [6.45, 7) is 6.31. The molecule has 0 spiro atoms. The number of aromatic nitrogens is 2. The van der Waals surface area contributed by atoms with E-state index < -0.39 is 0 Å². The lowest BCUT2D eigenvalue weighted by atomic mass is 10.2. The van der Waals surface area contributed by atoms with Crippen LogP contribution in [0.25, 0.3) is 0 Å². The van der Waals surface area contributed by atoms with E-state index in [0.29, 0.717) is 6.04 Å². The molecule has 106 valence electrons. The summed E-state index contributed by atoms with van der Waals surface area (Å²) in [5.41, 5.74) is 1.10. The second-order valence-corrected chi connectivity index (χ2v) is 5.22. The van der Waals surface area contributed by atoms with Gasteiger partial charge in [-0.1, -0.05) is 6.92 Å². The first-order valence-corrected chi connectivity index (χ1v) is 7.15. The lowest BCUT2D eigenvalue weighted by Gasteiger charge is -2.21. The second kappa shape index (κ2) is 6.19. The third-order valence-corrected chi connectivity index (χ3v) is 3.92. The molecule has 1 aliphatic heterocycles. The van der Waals surface area contributed by atoms with Crippen LogP contribution in [0.5, 0.6) is 0 Å². The summed E-state index contributed by atoms with van der Waals surface area (Å²) in [5.74, 6) is 2.78. The van der Waals surface area contributed by atoms with E-state index >= 15 is 0 Å². The van der Waals surface area contributed by atoms with Crippen molar-refractivity contribution in [1.82, 2.24) is 14.9 Å². The van der Waals surface area contributed by atoms with Gasteiger partial charge in [-0.3, -0.25) is 0 Å². The van der Waals surface area contributed by atoms with Gasteiger partial charge in [-0.05, 0) is 33.4 Å². The molecule has 1 aromatic heterocycles. The van der Waals surface area contributed by atoms with Gasteiger partial charge in [-0.15, -0.1) is 0 Å². The number of rotatable bonds is 5. The molecule has 1 saturated heterocycles. The average molecular weight is 263 g/mol. The predicted molar refractivity (Wildman–Crippen MR) is 79.8 cm³/mol. The summed E-state index contributed by atoms with van der Waals surface area (Å²) >= 11 is 0. The zero-order chi connectivity index (χ0) is 13.8. The first-order valence-electron chi connectivity index (χ1n) is 7.15. The molecule has 0 radical (unpaired) electrons. The Morgan fingerprint density at radius 3 is 2.63 bits per heavy atom. The fourth-order valence-electron chi connectivity index (χ4n) is 2.59. The number of nitrogens with zero attached hydrogens (tertiary/aromatic N) is 3. The van der Waals surface area contributed by atoms with Crippen molar-refractivity contribution in [2.45, 2.75) is 39.2 Å². The van der Waals surface area contributed by atoms with Crippen LogP contribution in [0.2, 0.25) is 0 Å². The lowest BCUT2D eigenvalue weighted by molar-refractivity contribution is 0.322. The molecule has 2 rings (SSSR count). The van der Waals surface area contributed by atoms with Crippen LogP contribution in [0.15, 0.2) is 0 Å². The molecular weight excluding hydrogens is 238 g/mol. The maximum atomic E-state index is 4.60. The highest BCUT2D eigenvalue weighted by molar-refractivity contribution is 5.57. The summed E-state index contributed by atoms with van der Waals surface area (Å²) in [6.07, 6.45) is 3.42. The van der Waals surface area contributed by atoms with Gasteiger partial charge in [0.2, 0.25) is 0 Å². The molecule has 19 heavy (non-hydrogen) atoms. The summed E-state index contributed by atoms with van der Waals surface area (Å²) in [7, 11) is 4.10. The van der Waals surface area contributed by atoms with E-state index in [2.05, 4.69) is 46.4 Å². The molecule has 2 N–H and O–H groups in total. The minimum atomic E-state index is 0.623. The Balaban J connectivity index is 2.10. The van der Waals surface area contributed by atoms with Gasteiger partial charge in [0.15, 0.2) is 0 Å². The van der Waals surface area contributed by atoms with Crippen molar-refractivity contribution < 1.29 is 0 Å². The number of hydrogen-bond acceptors (Lipinski definition) is 5. The van der Waals surface area contributed by atoms with Gasteiger partial charge in [0.05, 0.1) is 0 Å². The first-order chi connectivity index (χ1) is 9.15. The van der Waals surface area contributed by atoms with Crippen molar-refractivity contribution in [3.8, 4) is 0 Å². The fourth-order valence-corrected chi connectivity index (χ4v) is 2.59. The van der Waals surface area contributed by atoms with Crippen molar-refractivity contribution in [2.24, 2.45) is 0 Å². The number of hydrogen-bond donors (Lipinski definition) is 2. The number of likely N-dealkylation sites (N-methyl/N-ethyl adjacent to an activating group) is 1. The molecule has 0 aromatic carbocycles. The van der Waals surface area contributed by atoms with Crippen molar-refractivity contribution in [1.29, 1.82) is 0 Å². The molecule has 1 aliphatic rings. The summed E-state index contributed by atoms with van der Waals surface area (Å²) in [4.78, 5) is 11.5. The van der Waals surface area contributed by atoms with Crippen LogP contribution in [-0.4, -0.2) is 48.1 Å². The third-order valence-electron chi connectivity index (χ3n) is 3.92. The molecule has 0 aliphatic carbocycles. The number of anilines is 2. The van der Waals surface area contributed by atoms with Gasteiger partial charge in [-0.25, -0.2) is 9.97 Å². The van der Waals surface area contributed by atoms with Gasteiger partial charge in [0, 0.05) is 31.6 Å². The van der Waals surface area contributed by atoms with E-state index in [9.17, 15) is 0 Å². The molecule has 1 unspecified atom stereocenters. The number of aryl methyl sites for hydroxylation is 1. The lowest BCUT2D eigenvalue weighted by Crippen LogP contribution is -2.32. The Morgan fingerprint density at radius 1 is 1.32 bits per heavy atom. The second-order valence-electron chi connectivity index (χ2n) is 5.22. The standard InChI is InChI=1S/C14H25N5/c1-5-12-17-13(15-3)10(2)14(18-12)16-9-11-7-6-8-19(11)4/h11H,5-9H2,1-4H3,(H2,15,16,17,18). The molecule has 0 amide bonds. The monoisotopic (exact) mass is 263 g/mol. The SMILES string of the molecule is CCc1nc(NC)c(C)c(NCC2CCCN2C)n1. The highest BCUT2D eigenvalue weighted by atomic mass is 15.2. The molecule has 0 saturated carbocycles. The fraction of sp³-hybridized carbons (Fsp3) is 0.714. The highest BCUT2D eigenvalue weighted by Crippen LogP contribution is 2.21. The molecule has 1 aromatic rings. The molecule has 5 heteroatoms. The van der Waals surface area contributed by atoms with E-state index in [1.54, 1.807) is 0 Å². The van der Waals surface area contributed by atoms with Crippen molar-refractivity contribution in [3.05, 3.63) is 11.4 Å². The zero-order valence-corrected chi connectivity index (χ0v) is 12.5. The van der Waals surface area contributed by atoms with E-state index in [4.69, 9.17) is 0 Å². The Labute approximate surface area is 115 Å². The van der Waals surface area contributed by atoms with Crippen LogP contribution in [0, 0.1) is 6.92 Å². The van der Waals surface area contributed by atoms with Gasteiger partial charge in [0.1, 0.15) is 17.5 Å². The van der Waals surface area contributed by atoms with Gasteiger partial charge >= 0.3 is 0 Å². The van der Waals surface area contributed by atoms with Crippen LogP contribution in [0.4, 0.5) is 11.6 Å². The Bertz CT molecular complexity index is 432. The first kappa shape index (κ1) is 14.1. The number of nitrogens with one attached hydrogen (secondary N) is 2. The van der Waals surface area contributed by atoms with Gasteiger partial charge in [0.25, 0.3) is 0 Å². The molecule has 5 nitrogen and oxygen atoms in total. The van der Waals surface area contributed by atoms with Crippen LogP contribution >= 0.6 is 0 Å².